The molecule has 146 valence electrons. The number of fused-ring (bicyclic) bond motifs is 1. The van der Waals surface area contributed by atoms with E-state index >= 15 is 0 Å². The number of hydrogen-bond donors (Lipinski definition) is 1. The van der Waals surface area contributed by atoms with Gasteiger partial charge in [0.1, 0.15) is 11.4 Å². The van der Waals surface area contributed by atoms with Crippen molar-refractivity contribution in [1.82, 2.24) is 19.9 Å². The highest BCUT2D eigenvalue weighted by molar-refractivity contribution is 5.90. The summed E-state index contributed by atoms with van der Waals surface area (Å²) < 4.78 is 5.60. The van der Waals surface area contributed by atoms with E-state index in [0.29, 0.717) is 6.54 Å². The van der Waals surface area contributed by atoms with Gasteiger partial charge in [0.05, 0.1) is 22.8 Å². The third kappa shape index (κ3) is 3.59. The molecule has 1 saturated heterocycles. The Labute approximate surface area is 164 Å². The first-order valence-corrected chi connectivity index (χ1v) is 9.74. The van der Waals surface area contributed by atoms with Gasteiger partial charge in [-0.25, -0.2) is 14.8 Å². The van der Waals surface area contributed by atoms with Crippen LogP contribution in [-0.2, 0) is 4.74 Å². The molecule has 1 fully saturated rings. The minimum Gasteiger partial charge on any atom is -0.444 e. The maximum absolute atomic E-state index is 12.7. The highest BCUT2D eigenvalue weighted by atomic mass is 16.6. The quantitative estimate of drug-likeness (QED) is 0.681. The Morgan fingerprint density at radius 1 is 1.21 bits per heavy atom. The first-order chi connectivity index (χ1) is 13.3. The Bertz CT molecular complexity index is 1000. The van der Waals surface area contributed by atoms with Crippen molar-refractivity contribution in [2.45, 2.75) is 52.2 Å². The Morgan fingerprint density at radius 3 is 2.68 bits per heavy atom. The van der Waals surface area contributed by atoms with Crippen LogP contribution in [0.3, 0.4) is 0 Å². The maximum Gasteiger partial charge on any atom is 0.410 e. The van der Waals surface area contributed by atoms with Crippen molar-refractivity contribution in [3.05, 3.63) is 47.9 Å². The first kappa shape index (κ1) is 18.5. The summed E-state index contributed by atoms with van der Waals surface area (Å²) in [5.74, 6) is 0.729. The third-order valence-corrected chi connectivity index (χ3v) is 4.90. The summed E-state index contributed by atoms with van der Waals surface area (Å²) in [6.07, 6.45) is 1.59. The molecule has 1 N–H and O–H groups in total. The van der Waals surface area contributed by atoms with E-state index in [9.17, 15) is 4.79 Å². The lowest BCUT2D eigenvalue weighted by molar-refractivity contribution is 0.0222. The van der Waals surface area contributed by atoms with E-state index in [-0.39, 0.29) is 12.1 Å². The molecule has 1 aliphatic rings. The molecule has 0 radical (unpaired) electrons. The summed E-state index contributed by atoms with van der Waals surface area (Å²) in [4.78, 5) is 27.3. The van der Waals surface area contributed by atoms with E-state index < -0.39 is 5.60 Å². The molecule has 2 aromatic heterocycles. The molecule has 1 atom stereocenters. The molecule has 1 amide bonds. The van der Waals surface area contributed by atoms with Crippen LogP contribution < -0.4 is 0 Å². The molecule has 1 aliphatic heterocycles. The zero-order valence-electron chi connectivity index (χ0n) is 16.8. The number of aryl methyl sites for hydroxylation is 1. The van der Waals surface area contributed by atoms with E-state index in [2.05, 4.69) is 15.0 Å². The predicted molar refractivity (Wildman–Crippen MR) is 109 cm³/mol. The fourth-order valence-corrected chi connectivity index (χ4v) is 3.76. The van der Waals surface area contributed by atoms with Crippen LogP contribution in [0.25, 0.3) is 22.3 Å². The number of H-pyrrole nitrogens is 1. The van der Waals surface area contributed by atoms with Crippen LogP contribution >= 0.6 is 0 Å². The molecule has 0 saturated carbocycles. The molecule has 4 rings (SSSR count). The second-order valence-electron chi connectivity index (χ2n) is 8.30. The second kappa shape index (κ2) is 6.93. The number of likely N-dealkylation sites (tertiary alicyclic amines) is 1. The van der Waals surface area contributed by atoms with Crippen LogP contribution in [0.5, 0.6) is 0 Å². The smallest absolute Gasteiger partial charge is 0.410 e. The highest BCUT2D eigenvalue weighted by Crippen LogP contribution is 2.35. The average molecular weight is 378 g/mol. The summed E-state index contributed by atoms with van der Waals surface area (Å²) in [6.45, 7) is 8.28. The standard InChI is InChI=1S/C22H26N4O2/c1-14-23-17-13-16(18-11-8-12-26(18)21(27)28-22(2,3)4)25-20(17)19(24-14)15-9-6-5-7-10-15/h5-7,9-10,13,18,25H,8,11-12H2,1-4H3. The van der Waals surface area contributed by atoms with Gasteiger partial charge in [-0.2, -0.15) is 0 Å². The number of amides is 1. The molecule has 6 heteroatoms. The van der Waals surface area contributed by atoms with Crippen molar-refractivity contribution >= 4 is 17.1 Å². The molecular formula is C22H26N4O2. The van der Waals surface area contributed by atoms with Crippen molar-refractivity contribution in [3.8, 4) is 11.3 Å². The van der Waals surface area contributed by atoms with E-state index in [4.69, 9.17) is 4.74 Å². The average Bonchev–Trinajstić information content (AvgIpc) is 3.26. The van der Waals surface area contributed by atoms with Gasteiger partial charge in [-0.1, -0.05) is 30.3 Å². The van der Waals surface area contributed by atoms with Crippen molar-refractivity contribution in [2.75, 3.05) is 6.54 Å². The number of aromatic nitrogens is 3. The molecule has 6 nitrogen and oxygen atoms in total. The fraction of sp³-hybridized carbons (Fsp3) is 0.409. The summed E-state index contributed by atoms with van der Waals surface area (Å²) in [5, 5.41) is 0. The van der Waals surface area contributed by atoms with Crippen LogP contribution in [0.2, 0.25) is 0 Å². The van der Waals surface area contributed by atoms with Gasteiger partial charge in [0.15, 0.2) is 0 Å². The molecule has 0 spiro atoms. The molecular weight excluding hydrogens is 352 g/mol. The van der Waals surface area contributed by atoms with Gasteiger partial charge >= 0.3 is 6.09 Å². The number of nitrogens with one attached hydrogen (secondary N) is 1. The predicted octanol–water partition coefficient (Wildman–Crippen LogP) is 5.01. The molecule has 3 heterocycles. The van der Waals surface area contributed by atoms with Gasteiger partial charge in [-0.15, -0.1) is 0 Å². The van der Waals surface area contributed by atoms with Crippen molar-refractivity contribution in [1.29, 1.82) is 0 Å². The van der Waals surface area contributed by atoms with Gasteiger partial charge in [0.25, 0.3) is 0 Å². The van der Waals surface area contributed by atoms with Crippen molar-refractivity contribution in [3.63, 3.8) is 0 Å². The zero-order chi connectivity index (χ0) is 19.9. The molecule has 1 unspecified atom stereocenters. The molecule has 0 bridgehead atoms. The Morgan fingerprint density at radius 2 is 1.96 bits per heavy atom. The Balaban J connectivity index is 1.73. The van der Waals surface area contributed by atoms with Crippen LogP contribution in [-0.4, -0.2) is 38.1 Å². The fourth-order valence-electron chi connectivity index (χ4n) is 3.76. The van der Waals surface area contributed by atoms with Crippen LogP contribution in [0.15, 0.2) is 36.4 Å². The number of ether oxygens (including phenoxy) is 1. The van der Waals surface area contributed by atoms with E-state index in [1.165, 1.54) is 0 Å². The summed E-state index contributed by atoms with van der Waals surface area (Å²) in [6, 6.07) is 12.1. The van der Waals surface area contributed by atoms with Gasteiger partial charge in [0, 0.05) is 17.8 Å². The summed E-state index contributed by atoms with van der Waals surface area (Å²) in [5.41, 5.74) is 4.18. The number of carbonyl (C=O) groups is 1. The van der Waals surface area contributed by atoms with Crippen molar-refractivity contribution < 1.29 is 9.53 Å². The highest BCUT2D eigenvalue weighted by Gasteiger charge is 2.34. The Kier molecular flexibility index (Phi) is 4.57. The topological polar surface area (TPSA) is 71.1 Å². The van der Waals surface area contributed by atoms with Gasteiger partial charge in [-0.05, 0) is 46.6 Å². The van der Waals surface area contributed by atoms with E-state index in [1.54, 1.807) is 0 Å². The lowest BCUT2D eigenvalue weighted by Crippen LogP contribution is -2.36. The van der Waals surface area contributed by atoms with E-state index in [1.807, 2.05) is 69.0 Å². The molecule has 1 aromatic carbocycles. The Hall–Kier alpha value is -2.89. The van der Waals surface area contributed by atoms with Crippen LogP contribution in [0.1, 0.15) is 51.2 Å². The number of carbonyl (C=O) groups excluding carboxylic acids is 1. The number of rotatable bonds is 2. The van der Waals surface area contributed by atoms with Crippen LogP contribution in [0.4, 0.5) is 4.79 Å². The first-order valence-electron chi connectivity index (χ1n) is 9.74. The third-order valence-electron chi connectivity index (χ3n) is 4.90. The number of benzene rings is 1. The minimum absolute atomic E-state index is 0.0343. The van der Waals surface area contributed by atoms with Gasteiger partial charge < -0.3 is 9.72 Å². The molecule has 3 aromatic rings. The number of nitrogens with zero attached hydrogens (tertiary/aromatic N) is 3. The van der Waals surface area contributed by atoms with Crippen LogP contribution in [0, 0.1) is 6.92 Å². The van der Waals surface area contributed by atoms with Gasteiger partial charge in [-0.3, -0.25) is 4.90 Å². The zero-order valence-corrected chi connectivity index (χ0v) is 16.8. The monoisotopic (exact) mass is 378 g/mol. The SMILES string of the molecule is Cc1nc(-c2ccccc2)c2[nH]c(C3CCCN3C(=O)OC(C)(C)C)cc2n1. The largest absolute Gasteiger partial charge is 0.444 e. The summed E-state index contributed by atoms with van der Waals surface area (Å²) in [7, 11) is 0. The second-order valence-corrected chi connectivity index (χ2v) is 8.30. The van der Waals surface area contributed by atoms with Gasteiger partial charge in [0.2, 0.25) is 0 Å². The normalized spacial score (nSPS) is 17.3. The molecule has 0 aliphatic carbocycles. The number of hydrogen-bond acceptors (Lipinski definition) is 4. The maximum atomic E-state index is 12.7. The number of aromatic amines is 1. The summed E-state index contributed by atoms with van der Waals surface area (Å²) >= 11 is 0. The minimum atomic E-state index is -0.506. The lowest BCUT2D eigenvalue weighted by atomic mass is 10.1. The molecule has 28 heavy (non-hydrogen) atoms. The van der Waals surface area contributed by atoms with Crippen molar-refractivity contribution in [2.24, 2.45) is 0 Å². The lowest BCUT2D eigenvalue weighted by Gasteiger charge is -2.28. The van der Waals surface area contributed by atoms with E-state index in [0.717, 1.165) is 46.7 Å².